The fraction of sp³-hybridized carbons (Fsp3) is 0.176. The molecule has 3 rings (SSSR count). The Labute approximate surface area is 127 Å². The van der Waals surface area contributed by atoms with Crippen LogP contribution in [0.3, 0.4) is 0 Å². The summed E-state index contributed by atoms with van der Waals surface area (Å²) in [7, 11) is 1.85. The van der Waals surface area contributed by atoms with Gasteiger partial charge in [-0.15, -0.1) is 0 Å². The van der Waals surface area contributed by atoms with Crippen molar-refractivity contribution in [2.45, 2.75) is 13.0 Å². The van der Waals surface area contributed by atoms with Crippen LogP contribution in [0.5, 0.6) is 0 Å². The predicted molar refractivity (Wildman–Crippen MR) is 83.3 cm³/mol. The highest BCUT2D eigenvalue weighted by atomic mass is 35.5. The van der Waals surface area contributed by atoms with Crippen molar-refractivity contribution in [3.63, 3.8) is 0 Å². The molecule has 3 aromatic rings. The maximum Gasteiger partial charge on any atom is 0.134 e. The Bertz CT molecular complexity index is 797. The summed E-state index contributed by atoms with van der Waals surface area (Å²) in [6, 6.07) is 12.4. The molecule has 1 atom stereocenters. The standard InChI is InChI=1S/C17H15ClFNO/c1-10-7-11(3-5-14(10)19)17(20-2)16-9-12-8-13(18)4-6-15(12)21-16/h3-9,17,20H,1-2H3. The first-order valence-electron chi connectivity index (χ1n) is 6.71. The minimum atomic E-state index is -0.204. The van der Waals surface area contributed by atoms with Crippen molar-refractivity contribution in [3.05, 3.63) is 70.2 Å². The quantitative estimate of drug-likeness (QED) is 0.749. The molecule has 0 spiro atoms. The van der Waals surface area contributed by atoms with E-state index in [2.05, 4.69) is 5.32 Å². The van der Waals surface area contributed by atoms with Gasteiger partial charge in [-0.1, -0.05) is 23.7 Å². The fourth-order valence-electron chi connectivity index (χ4n) is 2.50. The van der Waals surface area contributed by atoms with Crippen LogP contribution in [0.15, 0.2) is 46.9 Å². The Kier molecular flexibility index (Phi) is 3.70. The summed E-state index contributed by atoms with van der Waals surface area (Å²) in [5, 5.41) is 4.84. The molecule has 0 saturated heterocycles. The summed E-state index contributed by atoms with van der Waals surface area (Å²) in [4.78, 5) is 0. The summed E-state index contributed by atoms with van der Waals surface area (Å²) in [5.41, 5.74) is 2.36. The van der Waals surface area contributed by atoms with Gasteiger partial charge in [-0.3, -0.25) is 0 Å². The molecular weight excluding hydrogens is 289 g/mol. The van der Waals surface area contributed by atoms with E-state index in [9.17, 15) is 4.39 Å². The fourth-order valence-corrected chi connectivity index (χ4v) is 2.68. The van der Waals surface area contributed by atoms with Gasteiger partial charge in [0.25, 0.3) is 0 Å². The average Bonchev–Trinajstić information content (AvgIpc) is 2.86. The zero-order valence-electron chi connectivity index (χ0n) is 11.8. The van der Waals surface area contributed by atoms with Crippen molar-refractivity contribution >= 4 is 22.6 Å². The number of aryl methyl sites for hydroxylation is 1. The van der Waals surface area contributed by atoms with E-state index in [0.717, 1.165) is 22.3 Å². The molecule has 1 N–H and O–H groups in total. The number of fused-ring (bicyclic) bond motifs is 1. The molecule has 0 saturated carbocycles. The van der Waals surface area contributed by atoms with Crippen LogP contribution in [0.2, 0.25) is 5.02 Å². The van der Waals surface area contributed by atoms with Crippen LogP contribution in [0.4, 0.5) is 4.39 Å². The van der Waals surface area contributed by atoms with Gasteiger partial charge in [0.15, 0.2) is 0 Å². The first-order valence-corrected chi connectivity index (χ1v) is 7.08. The second-order valence-electron chi connectivity index (χ2n) is 5.06. The molecule has 0 radical (unpaired) electrons. The molecule has 1 heterocycles. The van der Waals surface area contributed by atoms with Gasteiger partial charge in [-0.2, -0.15) is 0 Å². The summed E-state index contributed by atoms with van der Waals surface area (Å²) >= 11 is 6.00. The second kappa shape index (κ2) is 5.51. The van der Waals surface area contributed by atoms with Crippen molar-refractivity contribution in [1.82, 2.24) is 5.32 Å². The number of rotatable bonds is 3. The van der Waals surface area contributed by atoms with Crippen LogP contribution in [0.25, 0.3) is 11.0 Å². The van der Waals surface area contributed by atoms with Gasteiger partial charge in [0, 0.05) is 10.4 Å². The number of nitrogens with one attached hydrogen (secondary N) is 1. The molecule has 0 amide bonds. The lowest BCUT2D eigenvalue weighted by Crippen LogP contribution is -2.17. The number of halogens is 2. The lowest BCUT2D eigenvalue weighted by molar-refractivity contribution is 0.491. The number of hydrogen-bond acceptors (Lipinski definition) is 2. The number of furan rings is 1. The molecule has 0 aliphatic carbocycles. The molecule has 0 aliphatic rings. The van der Waals surface area contributed by atoms with Crippen LogP contribution in [0.1, 0.15) is 22.9 Å². The topological polar surface area (TPSA) is 25.2 Å². The molecule has 2 aromatic carbocycles. The Hall–Kier alpha value is -1.84. The van der Waals surface area contributed by atoms with E-state index in [1.54, 1.807) is 19.1 Å². The van der Waals surface area contributed by atoms with E-state index < -0.39 is 0 Å². The highest BCUT2D eigenvalue weighted by Crippen LogP contribution is 2.30. The Morgan fingerprint density at radius 1 is 1.14 bits per heavy atom. The van der Waals surface area contributed by atoms with E-state index in [4.69, 9.17) is 16.0 Å². The van der Waals surface area contributed by atoms with Gasteiger partial charge in [-0.05, 0) is 55.4 Å². The van der Waals surface area contributed by atoms with E-state index in [1.165, 1.54) is 6.07 Å². The molecule has 1 aromatic heterocycles. The first-order chi connectivity index (χ1) is 10.1. The molecule has 0 bridgehead atoms. The zero-order valence-corrected chi connectivity index (χ0v) is 12.5. The number of benzene rings is 2. The van der Waals surface area contributed by atoms with Crippen molar-refractivity contribution in [1.29, 1.82) is 0 Å². The van der Waals surface area contributed by atoms with E-state index in [0.29, 0.717) is 10.6 Å². The summed E-state index contributed by atoms with van der Waals surface area (Å²) in [5.74, 6) is 0.575. The predicted octanol–water partition coefficient (Wildman–Crippen LogP) is 4.84. The lowest BCUT2D eigenvalue weighted by atomic mass is 10.0. The molecule has 0 fully saturated rings. The Balaban J connectivity index is 2.06. The van der Waals surface area contributed by atoms with Gasteiger partial charge >= 0.3 is 0 Å². The maximum atomic E-state index is 13.4. The normalized spacial score (nSPS) is 12.8. The molecule has 2 nitrogen and oxygen atoms in total. The second-order valence-corrected chi connectivity index (χ2v) is 5.50. The van der Waals surface area contributed by atoms with Crippen molar-refractivity contribution < 1.29 is 8.81 Å². The zero-order chi connectivity index (χ0) is 15.0. The monoisotopic (exact) mass is 303 g/mol. The smallest absolute Gasteiger partial charge is 0.134 e. The van der Waals surface area contributed by atoms with Crippen LogP contribution < -0.4 is 5.32 Å². The lowest BCUT2D eigenvalue weighted by Gasteiger charge is -2.14. The molecule has 21 heavy (non-hydrogen) atoms. The largest absolute Gasteiger partial charge is 0.459 e. The maximum absolute atomic E-state index is 13.4. The van der Waals surface area contributed by atoms with Crippen molar-refractivity contribution in [2.75, 3.05) is 7.05 Å². The van der Waals surface area contributed by atoms with Crippen LogP contribution in [-0.2, 0) is 0 Å². The van der Waals surface area contributed by atoms with Crippen molar-refractivity contribution in [3.8, 4) is 0 Å². The van der Waals surface area contributed by atoms with Gasteiger partial charge < -0.3 is 9.73 Å². The summed E-state index contributed by atoms with van der Waals surface area (Å²) < 4.78 is 19.3. The van der Waals surface area contributed by atoms with Crippen LogP contribution >= 0.6 is 11.6 Å². The molecule has 0 aliphatic heterocycles. The first kappa shape index (κ1) is 14.1. The minimum absolute atomic E-state index is 0.129. The third-order valence-electron chi connectivity index (χ3n) is 3.59. The number of hydrogen-bond donors (Lipinski definition) is 1. The Morgan fingerprint density at radius 3 is 2.67 bits per heavy atom. The molecule has 4 heteroatoms. The molecule has 1 unspecified atom stereocenters. The minimum Gasteiger partial charge on any atom is -0.459 e. The third-order valence-corrected chi connectivity index (χ3v) is 3.82. The molecule has 108 valence electrons. The van der Waals surface area contributed by atoms with Crippen LogP contribution in [0, 0.1) is 12.7 Å². The van der Waals surface area contributed by atoms with Gasteiger partial charge in [0.2, 0.25) is 0 Å². The Morgan fingerprint density at radius 2 is 1.95 bits per heavy atom. The SMILES string of the molecule is CNC(c1ccc(F)c(C)c1)c1cc2cc(Cl)ccc2o1. The summed E-state index contributed by atoms with van der Waals surface area (Å²) in [6.07, 6.45) is 0. The van der Waals surface area contributed by atoms with E-state index in [1.807, 2.05) is 31.3 Å². The summed E-state index contributed by atoms with van der Waals surface area (Å²) in [6.45, 7) is 1.75. The highest BCUT2D eigenvalue weighted by molar-refractivity contribution is 6.31. The van der Waals surface area contributed by atoms with Gasteiger partial charge in [-0.25, -0.2) is 4.39 Å². The van der Waals surface area contributed by atoms with E-state index >= 15 is 0 Å². The van der Waals surface area contributed by atoms with Gasteiger partial charge in [0.1, 0.15) is 17.2 Å². The van der Waals surface area contributed by atoms with E-state index in [-0.39, 0.29) is 11.9 Å². The average molecular weight is 304 g/mol. The van der Waals surface area contributed by atoms with Crippen molar-refractivity contribution in [2.24, 2.45) is 0 Å². The highest BCUT2D eigenvalue weighted by Gasteiger charge is 2.17. The van der Waals surface area contributed by atoms with Crippen LogP contribution in [-0.4, -0.2) is 7.05 Å². The third kappa shape index (κ3) is 2.67. The molecular formula is C17H15ClFNO. The van der Waals surface area contributed by atoms with Gasteiger partial charge in [0.05, 0.1) is 6.04 Å².